The number of aromatic amines is 1. The predicted molar refractivity (Wildman–Crippen MR) is 84.8 cm³/mol. The minimum atomic E-state index is -0.354. The third kappa shape index (κ3) is 4.10. The SMILES string of the molecule is CCCc1cc(C(=O)OCC)c(N=C(C)Nc2nn[nH]n2)s1. The van der Waals surface area contributed by atoms with E-state index >= 15 is 0 Å². The van der Waals surface area contributed by atoms with Crippen molar-refractivity contribution in [3.05, 3.63) is 16.5 Å². The molecule has 0 unspecified atom stereocenters. The molecule has 9 heteroatoms. The smallest absolute Gasteiger partial charge is 0.341 e. The van der Waals surface area contributed by atoms with Crippen LogP contribution < -0.4 is 5.32 Å². The lowest BCUT2D eigenvalue weighted by molar-refractivity contribution is 0.0528. The maximum Gasteiger partial charge on any atom is 0.341 e. The summed E-state index contributed by atoms with van der Waals surface area (Å²) in [6.07, 6.45) is 1.91. The number of nitrogens with zero attached hydrogens (tertiary/aromatic N) is 4. The third-order valence-electron chi connectivity index (χ3n) is 2.66. The van der Waals surface area contributed by atoms with Gasteiger partial charge in [-0.1, -0.05) is 18.4 Å². The number of anilines is 1. The van der Waals surface area contributed by atoms with Crippen molar-refractivity contribution in [1.82, 2.24) is 20.6 Å². The van der Waals surface area contributed by atoms with Crippen LogP contribution in [0.15, 0.2) is 11.1 Å². The van der Waals surface area contributed by atoms with Crippen molar-refractivity contribution in [2.45, 2.75) is 33.6 Å². The fourth-order valence-corrected chi connectivity index (χ4v) is 2.96. The Balaban J connectivity index is 2.25. The molecule has 0 saturated carbocycles. The van der Waals surface area contributed by atoms with Crippen molar-refractivity contribution in [2.75, 3.05) is 11.9 Å². The number of nitrogens with one attached hydrogen (secondary N) is 2. The number of amidine groups is 1. The quantitative estimate of drug-likeness (QED) is 0.481. The molecule has 0 aliphatic heterocycles. The van der Waals surface area contributed by atoms with Gasteiger partial charge in [-0.05, 0) is 31.5 Å². The van der Waals surface area contributed by atoms with E-state index in [1.807, 2.05) is 6.07 Å². The summed E-state index contributed by atoms with van der Waals surface area (Å²) in [7, 11) is 0. The van der Waals surface area contributed by atoms with Gasteiger partial charge in [0.2, 0.25) is 0 Å². The molecule has 0 aliphatic carbocycles. The number of aromatic nitrogens is 4. The lowest BCUT2D eigenvalue weighted by Crippen LogP contribution is -2.09. The molecule has 0 amide bonds. The van der Waals surface area contributed by atoms with Gasteiger partial charge < -0.3 is 10.1 Å². The highest BCUT2D eigenvalue weighted by atomic mass is 32.1. The van der Waals surface area contributed by atoms with Crippen molar-refractivity contribution in [2.24, 2.45) is 4.99 Å². The average molecular weight is 322 g/mol. The van der Waals surface area contributed by atoms with Gasteiger partial charge in [0.25, 0.3) is 5.95 Å². The Labute approximate surface area is 132 Å². The minimum Gasteiger partial charge on any atom is -0.462 e. The summed E-state index contributed by atoms with van der Waals surface area (Å²) in [6, 6.07) is 1.85. The Hall–Kier alpha value is -2.29. The molecule has 2 rings (SSSR count). The number of tetrazole rings is 1. The normalized spacial score (nSPS) is 11.5. The largest absolute Gasteiger partial charge is 0.462 e. The van der Waals surface area contributed by atoms with Crippen LogP contribution in [0, 0.1) is 0 Å². The lowest BCUT2D eigenvalue weighted by atomic mass is 10.2. The third-order valence-corrected chi connectivity index (χ3v) is 3.75. The molecule has 0 saturated heterocycles. The van der Waals surface area contributed by atoms with Crippen molar-refractivity contribution in [3.8, 4) is 0 Å². The van der Waals surface area contributed by atoms with E-state index in [0.29, 0.717) is 29.0 Å². The summed E-state index contributed by atoms with van der Waals surface area (Å²) in [5.74, 6) is 0.535. The summed E-state index contributed by atoms with van der Waals surface area (Å²) in [5, 5.41) is 16.9. The highest BCUT2D eigenvalue weighted by molar-refractivity contribution is 7.16. The minimum absolute atomic E-state index is 0.323. The summed E-state index contributed by atoms with van der Waals surface area (Å²) in [5.41, 5.74) is 0.490. The molecular formula is C13H18N6O2S. The molecule has 0 aliphatic rings. The molecule has 0 aromatic carbocycles. The molecule has 0 atom stereocenters. The van der Waals surface area contributed by atoms with Crippen molar-refractivity contribution >= 4 is 34.1 Å². The molecule has 0 spiro atoms. The highest BCUT2D eigenvalue weighted by Crippen LogP contribution is 2.32. The molecule has 22 heavy (non-hydrogen) atoms. The number of esters is 1. The lowest BCUT2D eigenvalue weighted by Gasteiger charge is -2.02. The zero-order chi connectivity index (χ0) is 15.9. The molecular weight excluding hydrogens is 304 g/mol. The fraction of sp³-hybridized carbons (Fsp3) is 0.462. The zero-order valence-electron chi connectivity index (χ0n) is 12.7. The number of rotatable bonds is 6. The first-order valence-electron chi connectivity index (χ1n) is 6.99. The van der Waals surface area contributed by atoms with Crippen LogP contribution in [0.3, 0.4) is 0 Å². The summed E-state index contributed by atoms with van der Waals surface area (Å²) >= 11 is 1.49. The number of hydrogen-bond donors (Lipinski definition) is 2. The summed E-state index contributed by atoms with van der Waals surface area (Å²) in [6.45, 7) is 5.98. The number of carbonyl (C=O) groups is 1. The predicted octanol–water partition coefficient (Wildman–Crippen LogP) is 2.55. The van der Waals surface area contributed by atoms with Gasteiger partial charge in [0.1, 0.15) is 10.8 Å². The van der Waals surface area contributed by atoms with Crippen LogP contribution in [0.4, 0.5) is 10.9 Å². The topological polar surface area (TPSA) is 105 Å². The van der Waals surface area contributed by atoms with Crippen LogP contribution in [0.1, 0.15) is 42.4 Å². The standard InChI is InChI=1S/C13H18N6O2S/c1-4-6-9-7-10(12(20)21-5-2)11(22-9)14-8(3)15-13-16-18-19-17-13/h7H,4-6H2,1-3H3,(H2,14,15,16,17,18,19). The number of H-pyrrole nitrogens is 1. The zero-order valence-corrected chi connectivity index (χ0v) is 13.5. The van der Waals surface area contributed by atoms with E-state index < -0.39 is 0 Å². The second-order valence-corrected chi connectivity index (χ2v) is 5.57. The number of ether oxygens (including phenoxy) is 1. The van der Waals surface area contributed by atoms with Gasteiger partial charge in [-0.3, -0.25) is 0 Å². The van der Waals surface area contributed by atoms with E-state index in [-0.39, 0.29) is 5.97 Å². The highest BCUT2D eigenvalue weighted by Gasteiger charge is 2.17. The van der Waals surface area contributed by atoms with Gasteiger partial charge in [-0.25, -0.2) is 9.79 Å². The number of hydrogen-bond acceptors (Lipinski definition) is 7. The van der Waals surface area contributed by atoms with Crippen LogP contribution in [0.25, 0.3) is 0 Å². The van der Waals surface area contributed by atoms with Gasteiger partial charge >= 0.3 is 5.97 Å². The van der Waals surface area contributed by atoms with E-state index in [1.165, 1.54) is 11.3 Å². The first-order chi connectivity index (χ1) is 10.6. The Morgan fingerprint density at radius 1 is 1.50 bits per heavy atom. The second kappa shape index (κ2) is 7.64. The first-order valence-corrected chi connectivity index (χ1v) is 7.81. The summed E-state index contributed by atoms with van der Waals surface area (Å²) in [4.78, 5) is 17.6. The first kappa shape index (κ1) is 16.1. The number of thiophene rings is 1. The van der Waals surface area contributed by atoms with E-state index in [9.17, 15) is 4.79 Å². The monoisotopic (exact) mass is 322 g/mol. The van der Waals surface area contributed by atoms with E-state index in [2.05, 4.69) is 37.9 Å². The van der Waals surface area contributed by atoms with E-state index in [4.69, 9.17) is 4.74 Å². The Morgan fingerprint density at radius 2 is 2.32 bits per heavy atom. The molecule has 2 N–H and O–H groups in total. The maximum atomic E-state index is 12.0. The number of carbonyl (C=O) groups excluding carboxylic acids is 1. The fourth-order valence-electron chi connectivity index (χ4n) is 1.80. The van der Waals surface area contributed by atoms with Gasteiger partial charge in [0.05, 0.1) is 12.2 Å². The molecule has 0 fully saturated rings. The number of aliphatic imine (C=N–C) groups is 1. The molecule has 8 nitrogen and oxygen atoms in total. The Kier molecular flexibility index (Phi) is 5.59. The second-order valence-electron chi connectivity index (χ2n) is 4.46. The molecule has 118 valence electrons. The molecule has 0 radical (unpaired) electrons. The van der Waals surface area contributed by atoms with E-state index in [1.54, 1.807) is 13.8 Å². The van der Waals surface area contributed by atoms with E-state index in [0.717, 1.165) is 17.7 Å². The van der Waals surface area contributed by atoms with Gasteiger partial charge in [-0.15, -0.1) is 16.4 Å². The molecule has 2 aromatic rings. The van der Waals surface area contributed by atoms with Crippen LogP contribution in [-0.2, 0) is 11.2 Å². The van der Waals surface area contributed by atoms with Gasteiger partial charge in [0, 0.05) is 4.88 Å². The van der Waals surface area contributed by atoms with Crippen LogP contribution >= 0.6 is 11.3 Å². The van der Waals surface area contributed by atoms with Crippen molar-refractivity contribution in [1.29, 1.82) is 0 Å². The Bertz CT molecular complexity index is 650. The van der Waals surface area contributed by atoms with Crippen LogP contribution in [0.5, 0.6) is 0 Å². The van der Waals surface area contributed by atoms with Crippen molar-refractivity contribution in [3.63, 3.8) is 0 Å². The van der Waals surface area contributed by atoms with Gasteiger partial charge in [-0.2, -0.15) is 5.21 Å². The average Bonchev–Trinajstić information content (AvgIpc) is 3.09. The summed E-state index contributed by atoms with van der Waals surface area (Å²) < 4.78 is 5.09. The van der Waals surface area contributed by atoms with Gasteiger partial charge in [0.15, 0.2) is 0 Å². The number of aryl methyl sites for hydroxylation is 1. The Morgan fingerprint density at radius 3 is 2.95 bits per heavy atom. The van der Waals surface area contributed by atoms with Crippen molar-refractivity contribution < 1.29 is 9.53 Å². The maximum absolute atomic E-state index is 12.0. The molecule has 2 heterocycles. The molecule has 0 bridgehead atoms. The van der Waals surface area contributed by atoms with Crippen LogP contribution in [0.2, 0.25) is 0 Å². The van der Waals surface area contributed by atoms with Crippen LogP contribution in [-0.4, -0.2) is 39.0 Å². The molecule has 2 aromatic heterocycles.